The van der Waals surface area contributed by atoms with E-state index in [2.05, 4.69) is 0 Å². The van der Waals surface area contributed by atoms with Crippen LogP contribution in [0.5, 0.6) is 0 Å². The average molecular weight is 413 g/mol. The van der Waals surface area contributed by atoms with Crippen LogP contribution in [0, 0.1) is 11.3 Å². The first kappa shape index (κ1) is 22.1. The van der Waals surface area contributed by atoms with Crippen LogP contribution in [0.1, 0.15) is 45.6 Å². The standard InChI is InChI=1S/C20H27BF3NO4/c1-17(2)14-9-10-18(3,27)19(17,12-14)29-21(28)15(25-16(26)20(22,23)24)11-13-7-5-4-6-8-13/h4-8,14-15,27-28H,9-12H2,1-3H3,(H,25,26)/t14?,15-,18?,19?/m0/s1. The maximum Gasteiger partial charge on any atom is 0.479 e. The molecule has 29 heavy (non-hydrogen) atoms. The minimum Gasteiger partial charge on any atom is -0.426 e. The molecule has 0 heterocycles. The lowest BCUT2D eigenvalue weighted by molar-refractivity contribution is -0.305. The highest BCUT2D eigenvalue weighted by molar-refractivity contribution is 6.45. The number of hydrogen-bond acceptors (Lipinski definition) is 4. The van der Waals surface area contributed by atoms with Crippen LogP contribution >= 0.6 is 0 Å². The largest absolute Gasteiger partial charge is 0.479 e. The molecule has 3 saturated carbocycles. The zero-order chi connectivity index (χ0) is 21.7. The van der Waals surface area contributed by atoms with E-state index in [1.54, 1.807) is 37.3 Å². The Morgan fingerprint density at radius 2 is 1.93 bits per heavy atom. The first-order chi connectivity index (χ1) is 13.3. The smallest absolute Gasteiger partial charge is 0.426 e. The van der Waals surface area contributed by atoms with Crippen LogP contribution in [0.3, 0.4) is 0 Å². The van der Waals surface area contributed by atoms with Gasteiger partial charge < -0.3 is 20.1 Å². The zero-order valence-corrected chi connectivity index (χ0v) is 16.8. The second kappa shape index (κ2) is 7.28. The fourth-order valence-electron chi connectivity index (χ4n) is 5.05. The minimum absolute atomic E-state index is 0.0497. The second-order valence-corrected chi connectivity index (χ2v) is 9.04. The fourth-order valence-corrected chi connectivity index (χ4v) is 5.05. The van der Waals surface area contributed by atoms with Gasteiger partial charge in [0.05, 0.1) is 17.1 Å². The number of carbonyl (C=O) groups excluding carboxylic acids is 1. The van der Waals surface area contributed by atoms with E-state index in [0.29, 0.717) is 24.3 Å². The van der Waals surface area contributed by atoms with E-state index in [9.17, 15) is 28.1 Å². The van der Waals surface area contributed by atoms with Crippen molar-refractivity contribution in [2.75, 3.05) is 0 Å². The Bertz CT molecular complexity index is 746. The number of hydrogen-bond donors (Lipinski definition) is 3. The van der Waals surface area contributed by atoms with E-state index >= 15 is 0 Å². The molecule has 4 rings (SSSR count). The van der Waals surface area contributed by atoms with Crippen LogP contribution in [0.2, 0.25) is 0 Å². The summed E-state index contributed by atoms with van der Waals surface area (Å²) in [5, 5.41) is 23.6. The molecule has 1 aromatic rings. The van der Waals surface area contributed by atoms with Crippen molar-refractivity contribution in [3.63, 3.8) is 0 Å². The van der Waals surface area contributed by atoms with Gasteiger partial charge in [-0.3, -0.25) is 4.79 Å². The molecule has 3 aliphatic rings. The van der Waals surface area contributed by atoms with Gasteiger partial charge in [-0.05, 0) is 49.5 Å². The normalized spacial score (nSPS) is 31.5. The number of nitrogens with one attached hydrogen (secondary N) is 1. The van der Waals surface area contributed by atoms with E-state index < -0.39 is 41.8 Å². The Labute approximate surface area is 168 Å². The molecule has 1 aromatic carbocycles. The molecule has 0 aromatic heterocycles. The number of fused-ring (bicyclic) bond motifs is 2. The molecule has 0 saturated heterocycles. The Kier molecular flexibility index (Phi) is 5.56. The maximum atomic E-state index is 12.8. The van der Waals surface area contributed by atoms with Crippen molar-refractivity contribution in [2.45, 2.75) is 69.8 Å². The molecule has 1 amide bonds. The molecule has 3 aliphatic carbocycles. The molecule has 9 heteroatoms. The molecule has 0 aliphatic heterocycles. The van der Waals surface area contributed by atoms with Crippen LogP contribution in [-0.4, -0.2) is 46.5 Å². The molecular formula is C20H27BF3NO4. The van der Waals surface area contributed by atoms with Crippen molar-refractivity contribution in [1.29, 1.82) is 0 Å². The highest BCUT2D eigenvalue weighted by atomic mass is 19.4. The van der Waals surface area contributed by atoms with E-state index in [1.807, 2.05) is 19.2 Å². The molecule has 3 N–H and O–H groups in total. The number of aliphatic hydroxyl groups is 1. The van der Waals surface area contributed by atoms with Gasteiger partial charge in [-0.15, -0.1) is 0 Å². The fraction of sp³-hybridized carbons (Fsp3) is 0.650. The van der Waals surface area contributed by atoms with Gasteiger partial charge in [0, 0.05) is 0 Å². The number of amides is 1. The third-order valence-electron chi connectivity index (χ3n) is 6.98. The van der Waals surface area contributed by atoms with Gasteiger partial charge in [-0.2, -0.15) is 13.2 Å². The molecule has 2 bridgehead atoms. The Hall–Kier alpha value is -1.58. The summed E-state index contributed by atoms with van der Waals surface area (Å²) in [6, 6.07) is 8.58. The number of benzene rings is 1. The Morgan fingerprint density at radius 3 is 2.45 bits per heavy atom. The quantitative estimate of drug-likeness (QED) is 0.627. The SMILES string of the molecule is CC1(O)CCC2CC1(OB(O)[C@H](Cc1ccccc1)NC(=O)C(F)(F)F)C2(C)C. The van der Waals surface area contributed by atoms with E-state index in [1.165, 1.54) is 0 Å². The lowest BCUT2D eigenvalue weighted by Gasteiger charge is -2.71. The van der Waals surface area contributed by atoms with Crippen LogP contribution < -0.4 is 5.32 Å². The summed E-state index contributed by atoms with van der Waals surface area (Å²) in [5.41, 5.74) is -2.15. The summed E-state index contributed by atoms with van der Waals surface area (Å²) in [6.07, 6.45) is -3.32. The summed E-state index contributed by atoms with van der Waals surface area (Å²) in [7, 11) is -1.72. The summed E-state index contributed by atoms with van der Waals surface area (Å²) in [5.74, 6) is -3.17. The van der Waals surface area contributed by atoms with E-state index in [0.717, 1.165) is 6.42 Å². The van der Waals surface area contributed by atoms with Crippen molar-refractivity contribution >= 4 is 13.0 Å². The van der Waals surface area contributed by atoms with E-state index in [-0.39, 0.29) is 6.42 Å². The van der Waals surface area contributed by atoms with Gasteiger partial charge in [0.15, 0.2) is 0 Å². The van der Waals surface area contributed by atoms with Crippen molar-refractivity contribution in [3.8, 4) is 0 Å². The van der Waals surface area contributed by atoms with Gasteiger partial charge in [-0.1, -0.05) is 44.2 Å². The second-order valence-electron chi connectivity index (χ2n) is 9.04. The van der Waals surface area contributed by atoms with Gasteiger partial charge in [-0.25, -0.2) is 0 Å². The Balaban J connectivity index is 1.84. The molecule has 3 unspecified atom stereocenters. The van der Waals surface area contributed by atoms with Gasteiger partial charge in [0.25, 0.3) is 0 Å². The van der Waals surface area contributed by atoms with Gasteiger partial charge in [0.2, 0.25) is 0 Å². The maximum absolute atomic E-state index is 12.8. The summed E-state index contributed by atoms with van der Waals surface area (Å²) >= 11 is 0. The zero-order valence-electron chi connectivity index (χ0n) is 16.8. The highest BCUT2D eigenvalue weighted by Crippen LogP contribution is 2.67. The molecule has 160 valence electrons. The third-order valence-corrected chi connectivity index (χ3v) is 6.98. The molecular weight excluding hydrogens is 386 g/mol. The van der Waals surface area contributed by atoms with Crippen LogP contribution in [-0.2, 0) is 15.9 Å². The lowest BCUT2D eigenvalue weighted by atomic mass is 9.40. The van der Waals surface area contributed by atoms with Gasteiger partial charge >= 0.3 is 19.2 Å². The topological polar surface area (TPSA) is 78.8 Å². The van der Waals surface area contributed by atoms with Crippen LogP contribution in [0.25, 0.3) is 0 Å². The molecule has 0 spiro atoms. The summed E-state index contributed by atoms with van der Waals surface area (Å²) in [6.45, 7) is 5.50. The minimum atomic E-state index is -5.08. The number of rotatable bonds is 6. The molecule has 3 fully saturated rings. The molecule has 4 atom stereocenters. The van der Waals surface area contributed by atoms with E-state index in [4.69, 9.17) is 4.65 Å². The van der Waals surface area contributed by atoms with Crippen molar-refractivity contribution in [3.05, 3.63) is 35.9 Å². The Morgan fingerprint density at radius 1 is 1.31 bits per heavy atom. The molecule has 5 nitrogen and oxygen atoms in total. The lowest BCUT2D eigenvalue weighted by Crippen LogP contribution is -2.77. The first-order valence-electron chi connectivity index (χ1n) is 9.80. The number of alkyl halides is 3. The summed E-state index contributed by atoms with van der Waals surface area (Å²) < 4.78 is 44.4. The summed E-state index contributed by atoms with van der Waals surface area (Å²) in [4.78, 5) is 11.6. The number of carbonyl (C=O) groups is 1. The van der Waals surface area contributed by atoms with Crippen molar-refractivity contribution < 1.29 is 32.8 Å². The van der Waals surface area contributed by atoms with Crippen LogP contribution in [0.4, 0.5) is 13.2 Å². The third kappa shape index (κ3) is 3.80. The van der Waals surface area contributed by atoms with Crippen molar-refractivity contribution in [2.24, 2.45) is 11.3 Å². The number of halogens is 3. The predicted molar refractivity (Wildman–Crippen MR) is 102 cm³/mol. The first-order valence-corrected chi connectivity index (χ1v) is 9.80. The predicted octanol–water partition coefficient (Wildman–Crippen LogP) is 2.64. The van der Waals surface area contributed by atoms with Crippen molar-refractivity contribution in [1.82, 2.24) is 5.32 Å². The monoisotopic (exact) mass is 413 g/mol. The average Bonchev–Trinajstić information content (AvgIpc) is 2.62. The van der Waals surface area contributed by atoms with Gasteiger partial charge in [0.1, 0.15) is 0 Å². The van der Waals surface area contributed by atoms with Crippen LogP contribution in [0.15, 0.2) is 30.3 Å². The molecule has 0 radical (unpaired) electrons. The highest BCUT2D eigenvalue weighted by Gasteiger charge is 2.72.